The van der Waals surface area contributed by atoms with Gasteiger partial charge in [-0.2, -0.15) is 11.8 Å². The van der Waals surface area contributed by atoms with E-state index in [4.69, 9.17) is 0 Å². The molecule has 1 fully saturated rings. The van der Waals surface area contributed by atoms with Crippen molar-refractivity contribution >= 4 is 17.6 Å². The molecule has 0 spiro atoms. The average Bonchev–Trinajstić information content (AvgIpc) is 2.97. The number of thioether (sulfide) groups is 1. The minimum absolute atomic E-state index is 0.784. The van der Waals surface area contributed by atoms with Crippen molar-refractivity contribution in [2.24, 2.45) is 0 Å². The van der Waals surface area contributed by atoms with Gasteiger partial charge in [-0.05, 0) is 37.9 Å². The number of fused-ring (bicyclic) bond motifs is 1. The highest BCUT2D eigenvalue weighted by Crippen LogP contribution is 2.28. The van der Waals surface area contributed by atoms with E-state index in [9.17, 15) is 0 Å². The van der Waals surface area contributed by atoms with E-state index >= 15 is 0 Å². The highest BCUT2D eigenvalue weighted by Gasteiger charge is 2.19. The summed E-state index contributed by atoms with van der Waals surface area (Å²) in [6, 6.07) is 0. The Kier molecular flexibility index (Phi) is 3.00. The average molecular weight is 235 g/mol. The lowest BCUT2D eigenvalue weighted by molar-refractivity contribution is 0.801. The fourth-order valence-electron chi connectivity index (χ4n) is 2.53. The number of hydrogen-bond donors (Lipinski definition) is 1. The van der Waals surface area contributed by atoms with Crippen molar-refractivity contribution in [1.29, 1.82) is 0 Å². The maximum absolute atomic E-state index is 4.38. The van der Waals surface area contributed by atoms with Gasteiger partial charge in [0.2, 0.25) is 0 Å². The molecule has 0 saturated carbocycles. The number of nitrogens with one attached hydrogen (secondary N) is 1. The molecular weight excluding hydrogens is 218 g/mol. The molecule has 4 heteroatoms. The van der Waals surface area contributed by atoms with E-state index in [2.05, 4.69) is 27.0 Å². The summed E-state index contributed by atoms with van der Waals surface area (Å²) in [4.78, 5) is 8.72. The third-order valence-electron chi connectivity index (χ3n) is 3.40. The van der Waals surface area contributed by atoms with Gasteiger partial charge in [-0.3, -0.25) is 0 Å². The molecule has 1 aromatic heterocycles. The number of nitrogens with zero attached hydrogens (tertiary/aromatic N) is 2. The van der Waals surface area contributed by atoms with Gasteiger partial charge in [0.15, 0.2) is 0 Å². The van der Waals surface area contributed by atoms with E-state index in [1.807, 2.05) is 0 Å². The Morgan fingerprint density at radius 3 is 3.19 bits per heavy atom. The molecule has 0 aromatic carbocycles. The number of anilines is 1. The number of rotatable bonds is 3. The summed E-state index contributed by atoms with van der Waals surface area (Å²) in [5.74, 6) is 2.42. The SMILES string of the molecule is c1nc2c(c(NCC3CCCS3)n1)CCC2. The maximum Gasteiger partial charge on any atom is 0.132 e. The molecule has 1 atom stereocenters. The Bertz CT molecular complexity index is 375. The lowest BCUT2D eigenvalue weighted by Crippen LogP contribution is -2.15. The summed E-state index contributed by atoms with van der Waals surface area (Å²) >= 11 is 2.09. The first kappa shape index (κ1) is 10.4. The van der Waals surface area contributed by atoms with Crippen LogP contribution < -0.4 is 5.32 Å². The van der Waals surface area contributed by atoms with Crippen molar-refractivity contribution < 1.29 is 0 Å². The lowest BCUT2D eigenvalue weighted by atomic mass is 10.2. The van der Waals surface area contributed by atoms with Gasteiger partial charge in [0, 0.05) is 23.1 Å². The van der Waals surface area contributed by atoms with Gasteiger partial charge >= 0.3 is 0 Å². The first-order chi connectivity index (χ1) is 7.93. The van der Waals surface area contributed by atoms with Crippen molar-refractivity contribution in [3.8, 4) is 0 Å². The second-order valence-corrected chi connectivity index (χ2v) is 5.93. The molecule has 0 radical (unpaired) electrons. The zero-order chi connectivity index (χ0) is 10.8. The van der Waals surface area contributed by atoms with Crippen molar-refractivity contribution in [2.45, 2.75) is 37.4 Å². The lowest BCUT2D eigenvalue weighted by Gasteiger charge is -2.12. The summed E-state index contributed by atoms with van der Waals surface area (Å²) in [6.07, 6.45) is 7.94. The summed E-state index contributed by atoms with van der Waals surface area (Å²) in [5.41, 5.74) is 2.63. The van der Waals surface area contributed by atoms with Crippen LogP contribution in [-0.2, 0) is 12.8 Å². The van der Waals surface area contributed by atoms with Crippen LogP contribution in [0.5, 0.6) is 0 Å². The molecule has 0 bridgehead atoms. The Hall–Kier alpha value is -0.770. The van der Waals surface area contributed by atoms with Crippen LogP contribution in [0.3, 0.4) is 0 Å². The molecule has 1 aliphatic heterocycles. The predicted octanol–water partition coefficient (Wildman–Crippen LogP) is 2.27. The Morgan fingerprint density at radius 1 is 1.31 bits per heavy atom. The highest BCUT2D eigenvalue weighted by molar-refractivity contribution is 8.00. The molecule has 3 rings (SSSR count). The second-order valence-electron chi connectivity index (χ2n) is 4.52. The van der Waals surface area contributed by atoms with Crippen molar-refractivity contribution in [1.82, 2.24) is 9.97 Å². The topological polar surface area (TPSA) is 37.8 Å². The van der Waals surface area contributed by atoms with E-state index in [-0.39, 0.29) is 0 Å². The summed E-state index contributed by atoms with van der Waals surface area (Å²) in [6.45, 7) is 1.06. The second kappa shape index (κ2) is 4.62. The minimum atomic E-state index is 0.784. The van der Waals surface area contributed by atoms with E-state index in [1.54, 1.807) is 6.33 Å². The van der Waals surface area contributed by atoms with E-state index in [0.717, 1.165) is 30.5 Å². The van der Waals surface area contributed by atoms with E-state index in [1.165, 1.54) is 36.3 Å². The normalized spacial score (nSPS) is 23.4. The van der Waals surface area contributed by atoms with Crippen molar-refractivity contribution in [3.05, 3.63) is 17.6 Å². The van der Waals surface area contributed by atoms with Crippen LogP contribution >= 0.6 is 11.8 Å². The van der Waals surface area contributed by atoms with Gasteiger partial charge in [-0.15, -0.1) is 0 Å². The largest absolute Gasteiger partial charge is 0.369 e. The van der Waals surface area contributed by atoms with Crippen LogP contribution in [0.1, 0.15) is 30.5 Å². The van der Waals surface area contributed by atoms with Crippen LogP contribution in [0.4, 0.5) is 5.82 Å². The van der Waals surface area contributed by atoms with Crippen LogP contribution in [0.15, 0.2) is 6.33 Å². The fraction of sp³-hybridized carbons (Fsp3) is 0.667. The van der Waals surface area contributed by atoms with Gasteiger partial charge in [-0.25, -0.2) is 9.97 Å². The van der Waals surface area contributed by atoms with Gasteiger partial charge in [-0.1, -0.05) is 0 Å². The summed E-state index contributed by atoms with van der Waals surface area (Å²) in [7, 11) is 0. The quantitative estimate of drug-likeness (QED) is 0.872. The first-order valence-electron chi connectivity index (χ1n) is 6.12. The first-order valence-corrected chi connectivity index (χ1v) is 7.16. The number of aryl methyl sites for hydroxylation is 1. The van der Waals surface area contributed by atoms with Crippen LogP contribution in [0.2, 0.25) is 0 Å². The maximum atomic E-state index is 4.38. The monoisotopic (exact) mass is 235 g/mol. The molecule has 1 saturated heterocycles. The van der Waals surface area contributed by atoms with Gasteiger partial charge in [0.1, 0.15) is 12.1 Å². The predicted molar refractivity (Wildman–Crippen MR) is 68.0 cm³/mol. The van der Waals surface area contributed by atoms with Crippen molar-refractivity contribution in [3.63, 3.8) is 0 Å². The van der Waals surface area contributed by atoms with Crippen molar-refractivity contribution in [2.75, 3.05) is 17.6 Å². The number of hydrogen-bond acceptors (Lipinski definition) is 4. The zero-order valence-electron chi connectivity index (χ0n) is 9.41. The standard InChI is InChI=1S/C12H17N3S/c1-4-10-11(5-1)14-8-15-12(10)13-7-9-3-2-6-16-9/h8-9H,1-7H2,(H,13,14,15). The molecule has 0 amide bonds. The zero-order valence-corrected chi connectivity index (χ0v) is 10.2. The third kappa shape index (κ3) is 2.03. The molecule has 2 heterocycles. The fourth-order valence-corrected chi connectivity index (χ4v) is 3.73. The molecule has 1 aromatic rings. The molecule has 1 N–H and O–H groups in total. The highest BCUT2D eigenvalue weighted by atomic mass is 32.2. The third-order valence-corrected chi connectivity index (χ3v) is 4.79. The molecule has 16 heavy (non-hydrogen) atoms. The Labute approximate surface area is 100 Å². The van der Waals surface area contributed by atoms with Gasteiger partial charge in [0.05, 0.1) is 0 Å². The van der Waals surface area contributed by atoms with Gasteiger partial charge < -0.3 is 5.32 Å². The summed E-state index contributed by atoms with van der Waals surface area (Å²) < 4.78 is 0. The molecule has 1 unspecified atom stereocenters. The molecule has 2 aliphatic rings. The number of aromatic nitrogens is 2. The smallest absolute Gasteiger partial charge is 0.132 e. The van der Waals surface area contributed by atoms with E-state index in [0.29, 0.717) is 0 Å². The Morgan fingerprint density at radius 2 is 2.31 bits per heavy atom. The summed E-state index contributed by atoms with van der Waals surface area (Å²) in [5, 5.41) is 4.30. The molecular formula is C12H17N3S. The molecule has 86 valence electrons. The minimum Gasteiger partial charge on any atom is -0.369 e. The molecule has 3 nitrogen and oxygen atoms in total. The van der Waals surface area contributed by atoms with E-state index < -0.39 is 0 Å². The van der Waals surface area contributed by atoms with Crippen LogP contribution in [0.25, 0.3) is 0 Å². The molecule has 1 aliphatic carbocycles. The van der Waals surface area contributed by atoms with Gasteiger partial charge in [0.25, 0.3) is 0 Å². The van der Waals surface area contributed by atoms with Crippen LogP contribution in [-0.4, -0.2) is 27.5 Å². The Balaban J connectivity index is 1.67. The van der Waals surface area contributed by atoms with Crippen LogP contribution in [0, 0.1) is 0 Å².